The molecule has 0 radical (unpaired) electrons. The van der Waals surface area contributed by atoms with Gasteiger partial charge in [-0.25, -0.2) is 9.59 Å². The summed E-state index contributed by atoms with van der Waals surface area (Å²) < 4.78 is 5.20. The number of carboxylic acid groups (broad SMARTS) is 1. The first-order valence-corrected chi connectivity index (χ1v) is 5.77. The highest BCUT2D eigenvalue weighted by molar-refractivity contribution is 6.02. The van der Waals surface area contributed by atoms with Crippen molar-refractivity contribution < 1.29 is 19.4 Å². The minimum absolute atomic E-state index is 0.000463. The van der Waals surface area contributed by atoms with Crippen molar-refractivity contribution in [2.45, 2.75) is 26.9 Å². The fourth-order valence-corrected chi connectivity index (χ4v) is 1.48. The Kier molecular flexibility index (Phi) is 4.34. The maximum absolute atomic E-state index is 12.0. The smallest absolute Gasteiger partial charge is 0.340 e. The number of carbonyl (C=O) groups is 2. The van der Waals surface area contributed by atoms with E-state index in [9.17, 15) is 9.59 Å². The van der Waals surface area contributed by atoms with Crippen molar-refractivity contribution in [3.63, 3.8) is 0 Å². The van der Waals surface area contributed by atoms with Gasteiger partial charge >= 0.3 is 11.9 Å². The minimum atomic E-state index is -1.18. The molecule has 0 saturated carbocycles. The van der Waals surface area contributed by atoms with Gasteiger partial charge in [-0.2, -0.15) is 0 Å². The van der Waals surface area contributed by atoms with E-state index >= 15 is 0 Å². The highest BCUT2D eigenvalue weighted by Crippen LogP contribution is 2.23. The van der Waals surface area contributed by atoms with Crippen LogP contribution in [0.1, 0.15) is 41.5 Å². The molecule has 4 heteroatoms. The quantitative estimate of drug-likeness (QED) is 0.670. The first kappa shape index (κ1) is 14.8. The van der Waals surface area contributed by atoms with Crippen LogP contribution in [0.3, 0.4) is 0 Å². The third-order valence-corrected chi connectivity index (χ3v) is 2.54. The second-order valence-electron chi connectivity index (χ2n) is 5.17. The zero-order valence-electron chi connectivity index (χ0n) is 11.1. The van der Waals surface area contributed by atoms with Crippen molar-refractivity contribution in [2.24, 2.45) is 5.41 Å². The number of hydrogen-bond acceptors (Lipinski definition) is 3. The third kappa shape index (κ3) is 3.59. The molecule has 0 heterocycles. The number of esters is 1. The lowest BCUT2D eigenvalue weighted by Crippen LogP contribution is -2.30. The SMILES string of the molecule is C#CC(OC(=O)c1ccccc1C(=O)O)C(C)(C)C. The fraction of sp³-hybridized carbons (Fsp3) is 0.333. The van der Waals surface area contributed by atoms with Crippen LogP contribution in [0, 0.1) is 17.8 Å². The molecule has 0 aliphatic heterocycles. The maximum atomic E-state index is 12.0. The summed E-state index contributed by atoms with van der Waals surface area (Å²) in [6.45, 7) is 5.52. The van der Waals surface area contributed by atoms with Gasteiger partial charge in [-0.05, 0) is 12.1 Å². The van der Waals surface area contributed by atoms with E-state index in [0.29, 0.717) is 0 Å². The van der Waals surface area contributed by atoms with Gasteiger partial charge in [0.05, 0.1) is 11.1 Å². The molecule has 1 unspecified atom stereocenters. The first-order chi connectivity index (χ1) is 8.77. The zero-order chi connectivity index (χ0) is 14.6. The molecule has 0 aliphatic rings. The van der Waals surface area contributed by atoms with E-state index in [-0.39, 0.29) is 11.1 Å². The van der Waals surface area contributed by atoms with E-state index in [1.54, 1.807) is 12.1 Å². The lowest BCUT2D eigenvalue weighted by molar-refractivity contribution is 0.0176. The van der Waals surface area contributed by atoms with Crippen LogP contribution in [-0.4, -0.2) is 23.1 Å². The van der Waals surface area contributed by atoms with Gasteiger partial charge < -0.3 is 9.84 Å². The summed E-state index contributed by atoms with van der Waals surface area (Å²) in [5.41, 5.74) is -0.514. The molecule has 0 saturated heterocycles. The molecule has 1 N–H and O–H groups in total. The third-order valence-electron chi connectivity index (χ3n) is 2.54. The van der Waals surface area contributed by atoms with E-state index < -0.39 is 23.5 Å². The lowest BCUT2D eigenvalue weighted by Gasteiger charge is -2.25. The Labute approximate surface area is 112 Å². The highest BCUT2D eigenvalue weighted by Gasteiger charge is 2.28. The minimum Gasteiger partial charge on any atom is -0.478 e. The molecule has 0 spiro atoms. The van der Waals surface area contributed by atoms with Crippen LogP contribution < -0.4 is 0 Å². The van der Waals surface area contributed by atoms with Gasteiger partial charge in [-0.1, -0.05) is 38.8 Å². The summed E-state index contributed by atoms with van der Waals surface area (Å²) in [5.74, 6) is 0.495. The monoisotopic (exact) mass is 260 g/mol. The average molecular weight is 260 g/mol. The van der Waals surface area contributed by atoms with Crippen LogP contribution in [0.2, 0.25) is 0 Å². The number of benzene rings is 1. The molecule has 0 amide bonds. The van der Waals surface area contributed by atoms with Gasteiger partial charge in [0.2, 0.25) is 0 Å². The van der Waals surface area contributed by atoms with Crippen LogP contribution in [0.25, 0.3) is 0 Å². The number of carboxylic acids is 1. The normalized spacial score (nSPS) is 12.3. The summed E-state index contributed by atoms with van der Waals surface area (Å²) in [4.78, 5) is 23.0. The molecule has 0 aliphatic carbocycles. The van der Waals surface area contributed by atoms with Crippen molar-refractivity contribution in [2.75, 3.05) is 0 Å². The molecular formula is C15H16O4. The summed E-state index contributed by atoms with van der Waals surface area (Å²) in [7, 11) is 0. The van der Waals surface area contributed by atoms with Gasteiger partial charge in [0.1, 0.15) is 0 Å². The van der Waals surface area contributed by atoms with Crippen molar-refractivity contribution >= 4 is 11.9 Å². The maximum Gasteiger partial charge on any atom is 0.340 e. The molecule has 100 valence electrons. The molecule has 1 atom stereocenters. The van der Waals surface area contributed by atoms with Gasteiger partial charge in [0.25, 0.3) is 0 Å². The second-order valence-corrected chi connectivity index (χ2v) is 5.17. The van der Waals surface area contributed by atoms with Crippen LogP contribution in [-0.2, 0) is 4.74 Å². The van der Waals surface area contributed by atoms with Gasteiger partial charge in [-0.3, -0.25) is 0 Å². The molecule has 19 heavy (non-hydrogen) atoms. The Bertz CT molecular complexity index is 532. The summed E-state index contributed by atoms with van der Waals surface area (Å²) in [6, 6.07) is 5.87. The van der Waals surface area contributed by atoms with Crippen molar-refractivity contribution in [3.05, 3.63) is 35.4 Å². The van der Waals surface area contributed by atoms with E-state index in [4.69, 9.17) is 16.3 Å². The van der Waals surface area contributed by atoms with Gasteiger partial charge in [-0.15, -0.1) is 6.42 Å². The van der Waals surface area contributed by atoms with Gasteiger partial charge in [0.15, 0.2) is 6.10 Å². The molecule has 0 aromatic heterocycles. The Hall–Kier alpha value is -2.28. The number of terminal acetylenes is 1. The van der Waals surface area contributed by atoms with Crippen molar-refractivity contribution in [3.8, 4) is 12.3 Å². The number of rotatable bonds is 3. The standard InChI is InChI=1S/C15H16O4/c1-5-12(15(2,3)4)19-14(18)11-9-7-6-8-10(11)13(16)17/h1,6-9,12H,2-4H3,(H,16,17). The predicted octanol–water partition coefficient (Wildman–Crippen LogP) is 2.59. The Balaban J connectivity index is 3.03. The van der Waals surface area contributed by atoms with Gasteiger partial charge in [0, 0.05) is 5.41 Å². The van der Waals surface area contributed by atoms with E-state index in [1.807, 2.05) is 20.8 Å². The zero-order valence-corrected chi connectivity index (χ0v) is 11.1. The second kappa shape index (κ2) is 5.57. The molecule has 0 bridgehead atoms. The van der Waals surface area contributed by atoms with E-state index in [2.05, 4.69) is 5.92 Å². The highest BCUT2D eigenvalue weighted by atomic mass is 16.5. The summed E-state index contributed by atoms with van der Waals surface area (Å²) in [5, 5.41) is 9.02. The number of hydrogen-bond donors (Lipinski definition) is 1. The molecule has 1 rings (SSSR count). The van der Waals surface area contributed by atoms with Crippen LogP contribution >= 0.6 is 0 Å². The Morgan fingerprint density at radius 2 is 1.79 bits per heavy atom. The van der Waals surface area contributed by atoms with E-state index in [1.165, 1.54) is 12.1 Å². The molecule has 4 nitrogen and oxygen atoms in total. The largest absolute Gasteiger partial charge is 0.478 e. The first-order valence-electron chi connectivity index (χ1n) is 5.77. The molecule has 1 aromatic carbocycles. The Morgan fingerprint density at radius 1 is 1.26 bits per heavy atom. The van der Waals surface area contributed by atoms with Crippen LogP contribution in [0.4, 0.5) is 0 Å². The summed E-state index contributed by atoms with van der Waals surface area (Å²) >= 11 is 0. The lowest BCUT2D eigenvalue weighted by atomic mass is 9.89. The topological polar surface area (TPSA) is 63.6 Å². The molecule has 0 fully saturated rings. The molecule has 1 aromatic rings. The average Bonchev–Trinajstić information content (AvgIpc) is 2.34. The van der Waals surface area contributed by atoms with Crippen molar-refractivity contribution in [1.29, 1.82) is 0 Å². The fourth-order valence-electron chi connectivity index (χ4n) is 1.48. The molecular weight excluding hydrogens is 244 g/mol. The number of carbonyl (C=O) groups excluding carboxylic acids is 1. The van der Waals surface area contributed by atoms with Crippen LogP contribution in [0.15, 0.2) is 24.3 Å². The van der Waals surface area contributed by atoms with Crippen molar-refractivity contribution in [1.82, 2.24) is 0 Å². The van der Waals surface area contributed by atoms with Crippen LogP contribution in [0.5, 0.6) is 0 Å². The summed E-state index contributed by atoms with van der Waals surface area (Å²) in [6.07, 6.45) is 4.62. The van der Waals surface area contributed by atoms with E-state index in [0.717, 1.165) is 0 Å². The Morgan fingerprint density at radius 3 is 2.21 bits per heavy atom. The number of ether oxygens (including phenoxy) is 1. The predicted molar refractivity (Wildman–Crippen MR) is 70.9 cm³/mol. The number of aromatic carboxylic acids is 1.